The average molecular weight is 333 g/mol. The molecule has 0 unspecified atom stereocenters. The Hall–Kier alpha value is -1.59. The number of amides is 4. The van der Waals surface area contributed by atoms with Crippen LogP contribution in [0.4, 0.5) is 4.79 Å². The summed E-state index contributed by atoms with van der Waals surface area (Å²) in [5.41, 5.74) is 0. The molecule has 1 atom stereocenters. The summed E-state index contributed by atoms with van der Waals surface area (Å²) in [6, 6.07) is -0.329. The van der Waals surface area contributed by atoms with Gasteiger partial charge in [-0.05, 0) is 38.5 Å². The molecule has 4 aliphatic rings. The molecule has 6 heteroatoms. The van der Waals surface area contributed by atoms with Crippen LogP contribution in [0.1, 0.15) is 57.8 Å². The highest BCUT2D eigenvalue weighted by molar-refractivity contribution is 6.04. The monoisotopic (exact) mass is 333 g/mol. The molecule has 4 fully saturated rings. The summed E-state index contributed by atoms with van der Waals surface area (Å²) in [4.78, 5) is 42.9. The van der Waals surface area contributed by atoms with Crippen LogP contribution < -0.4 is 0 Å². The lowest BCUT2D eigenvalue weighted by Gasteiger charge is -2.37. The molecule has 3 aliphatic heterocycles. The first-order valence-electron chi connectivity index (χ1n) is 9.59. The summed E-state index contributed by atoms with van der Waals surface area (Å²) in [5, 5.41) is 0. The third kappa shape index (κ3) is 2.60. The Labute approximate surface area is 143 Å². The molecule has 0 radical (unpaired) electrons. The molecule has 1 aliphatic carbocycles. The number of rotatable bonds is 2. The normalized spacial score (nSPS) is 29.5. The highest BCUT2D eigenvalue weighted by atomic mass is 16.2. The van der Waals surface area contributed by atoms with Gasteiger partial charge in [0, 0.05) is 31.6 Å². The molecule has 0 aromatic heterocycles. The minimum Gasteiger partial charge on any atom is -0.342 e. The Morgan fingerprint density at radius 1 is 0.833 bits per heavy atom. The van der Waals surface area contributed by atoms with Gasteiger partial charge in [0.25, 0.3) is 5.91 Å². The summed E-state index contributed by atoms with van der Waals surface area (Å²) in [7, 11) is 0. The van der Waals surface area contributed by atoms with E-state index in [9.17, 15) is 14.4 Å². The molecule has 4 amide bonds. The van der Waals surface area contributed by atoms with Gasteiger partial charge >= 0.3 is 6.03 Å². The van der Waals surface area contributed by atoms with E-state index in [0.29, 0.717) is 25.5 Å². The van der Waals surface area contributed by atoms with Gasteiger partial charge in [0.15, 0.2) is 0 Å². The fourth-order valence-corrected chi connectivity index (χ4v) is 4.93. The molecule has 4 rings (SSSR count). The van der Waals surface area contributed by atoms with Crippen LogP contribution in [0, 0.1) is 5.92 Å². The van der Waals surface area contributed by atoms with Crippen molar-refractivity contribution in [3.8, 4) is 0 Å². The maximum Gasteiger partial charge on any atom is 0.327 e. The molecule has 0 N–H and O–H groups in total. The Morgan fingerprint density at radius 3 is 2.21 bits per heavy atom. The minimum absolute atomic E-state index is 0.00504. The lowest BCUT2D eigenvalue weighted by Crippen LogP contribution is -2.50. The Kier molecular flexibility index (Phi) is 4.22. The second-order valence-corrected chi connectivity index (χ2v) is 7.73. The fourth-order valence-electron chi connectivity index (χ4n) is 4.93. The second-order valence-electron chi connectivity index (χ2n) is 7.73. The second kappa shape index (κ2) is 6.37. The maximum absolute atomic E-state index is 12.6. The van der Waals surface area contributed by atoms with Crippen LogP contribution in [0.2, 0.25) is 0 Å². The van der Waals surface area contributed by atoms with Crippen LogP contribution in [0.5, 0.6) is 0 Å². The third-order valence-electron chi connectivity index (χ3n) is 6.32. The maximum atomic E-state index is 12.6. The topological polar surface area (TPSA) is 60.9 Å². The van der Waals surface area contributed by atoms with Crippen molar-refractivity contribution < 1.29 is 14.4 Å². The van der Waals surface area contributed by atoms with Crippen molar-refractivity contribution in [2.45, 2.75) is 69.9 Å². The lowest BCUT2D eigenvalue weighted by atomic mass is 9.87. The highest BCUT2D eigenvalue weighted by Crippen LogP contribution is 2.32. The van der Waals surface area contributed by atoms with Crippen LogP contribution in [-0.4, -0.2) is 64.3 Å². The van der Waals surface area contributed by atoms with Gasteiger partial charge in [-0.2, -0.15) is 0 Å². The van der Waals surface area contributed by atoms with Gasteiger partial charge in [-0.25, -0.2) is 4.79 Å². The number of carbonyl (C=O) groups is 3. The molecule has 132 valence electrons. The van der Waals surface area contributed by atoms with Crippen molar-refractivity contribution in [3.63, 3.8) is 0 Å². The van der Waals surface area contributed by atoms with E-state index in [1.165, 1.54) is 24.2 Å². The van der Waals surface area contributed by atoms with Crippen molar-refractivity contribution >= 4 is 17.8 Å². The zero-order chi connectivity index (χ0) is 16.7. The van der Waals surface area contributed by atoms with E-state index in [0.717, 1.165) is 38.5 Å². The largest absolute Gasteiger partial charge is 0.342 e. The molecule has 0 spiro atoms. The molecular formula is C18H27N3O3. The Balaban J connectivity index is 1.35. The van der Waals surface area contributed by atoms with Crippen LogP contribution in [-0.2, 0) is 9.59 Å². The minimum atomic E-state index is -0.209. The molecule has 24 heavy (non-hydrogen) atoms. The van der Waals surface area contributed by atoms with E-state index < -0.39 is 0 Å². The van der Waals surface area contributed by atoms with Crippen molar-refractivity contribution in [1.82, 2.24) is 14.7 Å². The standard InChI is InChI=1S/C18H27N3O3/c22-16(13-5-2-1-3-6-13)19-11-8-14(9-12-19)21-17(23)15-7-4-10-20(15)18(21)24/h13-15H,1-12H2/t15-/m0/s1. The number of piperidine rings is 1. The van der Waals surface area contributed by atoms with Crippen molar-refractivity contribution in [1.29, 1.82) is 0 Å². The zero-order valence-electron chi connectivity index (χ0n) is 14.3. The van der Waals surface area contributed by atoms with E-state index in [2.05, 4.69) is 0 Å². The van der Waals surface area contributed by atoms with E-state index in [1.807, 2.05) is 4.90 Å². The zero-order valence-corrected chi connectivity index (χ0v) is 14.3. The number of likely N-dealkylation sites (tertiary alicyclic amines) is 1. The first-order valence-corrected chi connectivity index (χ1v) is 9.59. The van der Waals surface area contributed by atoms with Crippen LogP contribution in [0.3, 0.4) is 0 Å². The summed E-state index contributed by atoms with van der Waals surface area (Å²) in [5.74, 6) is 0.498. The smallest absolute Gasteiger partial charge is 0.327 e. The number of hydrogen-bond donors (Lipinski definition) is 0. The van der Waals surface area contributed by atoms with Gasteiger partial charge in [-0.15, -0.1) is 0 Å². The Morgan fingerprint density at radius 2 is 1.54 bits per heavy atom. The van der Waals surface area contributed by atoms with Crippen LogP contribution in [0.15, 0.2) is 0 Å². The quantitative estimate of drug-likeness (QED) is 0.726. The van der Waals surface area contributed by atoms with Crippen molar-refractivity contribution in [2.24, 2.45) is 5.92 Å². The van der Waals surface area contributed by atoms with Gasteiger partial charge in [-0.1, -0.05) is 19.3 Å². The molecular weight excluding hydrogens is 306 g/mol. The summed E-state index contributed by atoms with van der Waals surface area (Å²) in [6.07, 6.45) is 8.85. The average Bonchev–Trinajstić information content (AvgIpc) is 3.20. The number of imide groups is 1. The number of hydrogen-bond acceptors (Lipinski definition) is 3. The van der Waals surface area contributed by atoms with Gasteiger partial charge in [0.1, 0.15) is 6.04 Å². The molecule has 0 aromatic rings. The van der Waals surface area contributed by atoms with Gasteiger partial charge in [-0.3, -0.25) is 14.5 Å². The van der Waals surface area contributed by atoms with Crippen molar-refractivity contribution in [2.75, 3.05) is 19.6 Å². The van der Waals surface area contributed by atoms with Gasteiger partial charge in [0.05, 0.1) is 0 Å². The van der Waals surface area contributed by atoms with Gasteiger partial charge < -0.3 is 9.80 Å². The molecule has 0 aromatic carbocycles. The molecule has 1 saturated carbocycles. The van der Waals surface area contributed by atoms with Crippen molar-refractivity contribution in [3.05, 3.63) is 0 Å². The Bertz CT molecular complexity index is 514. The number of fused-ring (bicyclic) bond motifs is 1. The highest BCUT2D eigenvalue weighted by Gasteiger charge is 2.50. The number of nitrogens with zero attached hydrogens (tertiary/aromatic N) is 3. The van der Waals surface area contributed by atoms with E-state index in [4.69, 9.17) is 0 Å². The van der Waals surface area contributed by atoms with Crippen LogP contribution in [0.25, 0.3) is 0 Å². The van der Waals surface area contributed by atoms with Crippen LogP contribution >= 0.6 is 0 Å². The van der Waals surface area contributed by atoms with E-state index in [-0.39, 0.29) is 29.9 Å². The predicted molar refractivity (Wildman–Crippen MR) is 88.1 cm³/mol. The third-order valence-corrected chi connectivity index (χ3v) is 6.32. The summed E-state index contributed by atoms with van der Waals surface area (Å²) in [6.45, 7) is 2.08. The summed E-state index contributed by atoms with van der Waals surface area (Å²) < 4.78 is 0. The number of carbonyl (C=O) groups excluding carboxylic acids is 3. The number of urea groups is 1. The lowest BCUT2D eigenvalue weighted by molar-refractivity contribution is -0.138. The van der Waals surface area contributed by atoms with Gasteiger partial charge in [0.2, 0.25) is 5.91 Å². The predicted octanol–water partition coefficient (Wildman–Crippen LogP) is 1.98. The van der Waals surface area contributed by atoms with E-state index in [1.54, 1.807) is 4.90 Å². The first kappa shape index (κ1) is 15.9. The fraction of sp³-hybridized carbons (Fsp3) is 0.833. The molecule has 0 bridgehead atoms. The molecule has 6 nitrogen and oxygen atoms in total. The molecule has 3 heterocycles. The SMILES string of the molecule is O=C(C1CCCCC1)N1CCC(N2C(=O)[C@@H]3CCCN3C2=O)CC1. The summed E-state index contributed by atoms with van der Waals surface area (Å²) >= 11 is 0. The molecule has 3 saturated heterocycles. The van der Waals surface area contributed by atoms with E-state index >= 15 is 0 Å². The first-order chi connectivity index (χ1) is 11.7.